The van der Waals surface area contributed by atoms with Gasteiger partial charge in [0.1, 0.15) is 11.6 Å². The molecule has 3 aromatic rings. The third kappa shape index (κ3) is 3.66. The largest absolute Gasteiger partial charge is 0.341 e. The molecule has 0 saturated heterocycles. The van der Waals surface area contributed by atoms with Crippen LogP contribution in [0, 0.1) is 11.6 Å². The van der Waals surface area contributed by atoms with E-state index in [2.05, 4.69) is 5.32 Å². The van der Waals surface area contributed by atoms with Gasteiger partial charge in [0.05, 0.1) is 6.04 Å². The molecule has 0 unspecified atom stereocenters. The lowest BCUT2D eigenvalue weighted by Crippen LogP contribution is -2.29. The zero-order chi connectivity index (χ0) is 16.9. The van der Waals surface area contributed by atoms with Gasteiger partial charge in [-0.2, -0.15) is 0 Å². The van der Waals surface area contributed by atoms with Crippen molar-refractivity contribution in [2.75, 3.05) is 0 Å². The Morgan fingerprint density at radius 3 is 1.67 bits per heavy atom. The van der Waals surface area contributed by atoms with Crippen LogP contribution in [0.2, 0.25) is 0 Å². The van der Waals surface area contributed by atoms with Gasteiger partial charge in [0, 0.05) is 11.6 Å². The Hall–Kier alpha value is -3.01. The van der Waals surface area contributed by atoms with Crippen LogP contribution in [0.5, 0.6) is 0 Å². The second-order valence-corrected chi connectivity index (χ2v) is 5.39. The number of rotatable bonds is 4. The van der Waals surface area contributed by atoms with Crippen LogP contribution in [0.25, 0.3) is 0 Å². The van der Waals surface area contributed by atoms with E-state index in [1.807, 2.05) is 60.7 Å². The highest BCUT2D eigenvalue weighted by molar-refractivity contribution is 5.94. The maximum Gasteiger partial charge on any atom is 0.252 e. The molecule has 0 aliphatic carbocycles. The van der Waals surface area contributed by atoms with E-state index in [0.717, 1.165) is 29.3 Å². The van der Waals surface area contributed by atoms with Gasteiger partial charge >= 0.3 is 0 Å². The van der Waals surface area contributed by atoms with Crippen molar-refractivity contribution in [3.05, 3.63) is 107 Å². The lowest BCUT2D eigenvalue weighted by Gasteiger charge is -2.20. The number of nitrogens with one attached hydrogen (secondary N) is 1. The lowest BCUT2D eigenvalue weighted by atomic mass is 9.98. The van der Waals surface area contributed by atoms with Crippen LogP contribution < -0.4 is 5.32 Å². The highest BCUT2D eigenvalue weighted by Gasteiger charge is 2.18. The molecule has 1 N–H and O–H groups in total. The van der Waals surface area contributed by atoms with E-state index in [0.29, 0.717) is 0 Å². The summed E-state index contributed by atoms with van der Waals surface area (Å²) in [6.45, 7) is 0. The van der Waals surface area contributed by atoms with Crippen molar-refractivity contribution in [2.45, 2.75) is 6.04 Å². The average molecular weight is 323 g/mol. The van der Waals surface area contributed by atoms with Crippen molar-refractivity contribution >= 4 is 5.91 Å². The fourth-order valence-electron chi connectivity index (χ4n) is 2.55. The monoisotopic (exact) mass is 323 g/mol. The number of carbonyl (C=O) groups is 1. The van der Waals surface area contributed by atoms with E-state index in [1.54, 1.807) is 0 Å². The third-order valence-electron chi connectivity index (χ3n) is 3.67. The molecule has 3 aromatic carbocycles. The molecular formula is C20H15F2NO. The first-order chi connectivity index (χ1) is 11.6. The van der Waals surface area contributed by atoms with Gasteiger partial charge in [-0.3, -0.25) is 4.79 Å². The van der Waals surface area contributed by atoms with Crippen molar-refractivity contribution in [3.8, 4) is 0 Å². The summed E-state index contributed by atoms with van der Waals surface area (Å²) < 4.78 is 26.7. The molecule has 0 aromatic heterocycles. The summed E-state index contributed by atoms with van der Waals surface area (Å²) in [7, 11) is 0. The molecule has 0 spiro atoms. The molecule has 0 aliphatic heterocycles. The van der Waals surface area contributed by atoms with Crippen molar-refractivity contribution in [3.63, 3.8) is 0 Å². The first-order valence-corrected chi connectivity index (χ1v) is 7.50. The van der Waals surface area contributed by atoms with Crippen LogP contribution >= 0.6 is 0 Å². The average Bonchev–Trinajstić information content (AvgIpc) is 2.60. The lowest BCUT2D eigenvalue weighted by molar-refractivity contribution is 0.0942. The predicted octanol–water partition coefficient (Wildman–Crippen LogP) is 4.48. The Morgan fingerprint density at radius 1 is 0.750 bits per heavy atom. The molecule has 1 amide bonds. The molecule has 3 rings (SSSR count). The minimum atomic E-state index is -0.781. The first-order valence-electron chi connectivity index (χ1n) is 7.50. The Labute approximate surface area is 138 Å². The van der Waals surface area contributed by atoms with E-state index in [-0.39, 0.29) is 5.56 Å². The van der Waals surface area contributed by atoms with Gasteiger partial charge in [-0.25, -0.2) is 8.78 Å². The summed E-state index contributed by atoms with van der Waals surface area (Å²) in [6, 6.07) is 21.2. The summed E-state index contributed by atoms with van der Waals surface area (Å²) >= 11 is 0. The van der Waals surface area contributed by atoms with Crippen molar-refractivity contribution in [2.24, 2.45) is 0 Å². The topological polar surface area (TPSA) is 29.1 Å². The normalized spacial score (nSPS) is 10.6. The molecule has 0 fully saturated rings. The Morgan fingerprint density at radius 2 is 1.21 bits per heavy atom. The minimum Gasteiger partial charge on any atom is -0.341 e. The number of hydrogen-bond acceptors (Lipinski definition) is 1. The van der Waals surface area contributed by atoms with Crippen molar-refractivity contribution in [1.29, 1.82) is 0 Å². The van der Waals surface area contributed by atoms with E-state index in [1.165, 1.54) is 0 Å². The van der Waals surface area contributed by atoms with Crippen LogP contribution in [-0.4, -0.2) is 5.91 Å². The third-order valence-corrected chi connectivity index (χ3v) is 3.67. The molecular weight excluding hydrogens is 308 g/mol. The fourth-order valence-corrected chi connectivity index (χ4v) is 2.55. The molecule has 0 radical (unpaired) electrons. The van der Waals surface area contributed by atoms with E-state index < -0.39 is 23.6 Å². The predicted molar refractivity (Wildman–Crippen MR) is 88.6 cm³/mol. The highest BCUT2D eigenvalue weighted by Crippen LogP contribution is 2.22. The van der Waals surface area contributed by atoms with Gasteiger partial charge in [-0.1, -0.05) is 60.7 Å². The summed E-state index contributed by atoms with van der Waals surface area (Å²) in [5.41, 5.74) is 1.72. The van der Waals surface area contributed by atoms with Gasteiger partial charge in [0.25, 0.3) is 5.91 Å². The Balaban J connectivity index is 1.93. The van der Waals surface area contributed by atoms with Crippen LogP contribution in [0.4, 0.5) is 8.78 Å². The van der Waals surface area contributed by atoms with Gasteiger partial charge < -0.3 is 5.32 Å². The standard InChI is InChI=1S/C20H15F2NO/c21-17-11-16(12-18(22)13-17)20(24)23-19(14-7-3-1-4-8-14)15-9-5-2-6-10-15/h1-13,19H,(H,23,24). The van der Waals surface area contributed by atoms with Crippen LogP contribution in [0.15, 0.2) is 78.9 Å². The maximum absolute atomic E-state index is 13.4. The molecule has 4 heteroatoms. The number of carbonyl (C=O) groups excluding carboxylic acids is 1. The zero-order valence-electron chi connectivity index (χ0n) is 12.7. The quantitative estimate of drug-likeness (QED) is 0.753. The highest BCUT2D eigenvalue weighted by atomic mass is 19.1. The molecule has 0 saturated carbocycles. The van der Waals surface area contributed by atoms with E-state index in [9.17, 15) is 13.6 Å². The summed E-state index contributed by atoms with van der Waals surface area (Å²) in [4.78, 5) is 12.5. The number of halogens is 2. The summed E-state index contributed by atoms with van der Waals surface area (Å²) in [6.07, 6.45) is 0. The number of hydrogen-bond donors (Lipinski definition) is 1. The zero-order valence-corrected chi connectivity index (χ0v) is 12.7. The molecule has 0 bridgehead atoms. The Bertz CT molecular complexity index is 775. The van der Waals surface area contributed by atoms with Crippen molar-refractivity contribution < 1.29 is 13.6 Å². The SMILES string of the molecule is O=C(NC(c1ccccc1)c1ccccc1)c1cc(F)cc(F)c1. The van der Waals surface area contributed by atoms with Crippen LogP contribution in [0.3, 0.4) is 0 Å². The summed E-state index contributed by atoms with van der Waals surface area (Å²) in [5.74, 6) is -2.10. The molecule has 2 nitrogen and oxygen atoms in total. The minimum absolute atomic E-state index is 0.0515. The fraction of sp³-hybridized carbons (Fsp3) is 0.0500. The number of benzene rings is 3. The van der Waals surface area contributed by atoms with E-state index >= 15 is 0 Å². The molecule has 0 aliphatic rings. The second kappa shape index (κ2) is 7.04. The number of amides is 1. The Kier molecular flexibility index (Phi) is 4.66. The van der Waals surface area contributed by atoms with Gasteiger partial charge in [-0.05, 0) is 23.3 Å². The summed E-state index contributed by atoms with van der Waals surface area (Å²) in [5, 5.41) is 2.85. The molecule has 24 heavy (non-hydrogen) atoms. The second-order valence-electron chi connectivity index (χ2n) is 5.39. The first kappa shape index (κ1) is 15.9. The maximum atomic E-state index is 13.4. The van der Waals surface area contributed by atoms with Crippen LogP contribution in [0.1, 0.15) is 27.5 Å². The molecule has 120 valence electrons. The van der Waals surface area contributed by atoms with Gasteiger partial charge in [0.2, 0.25) is 0 Å². The molecule has 0 atom stereocenters. The smallest absolute Gasteiger partial charge is 0.252 e. The molecule has 0 heterocycles. The van der Waals surface area contributed by atoms with Gasteiger partial charge in [-0.15, -0.1) is 0 Å². The van der Waals surface area contributed by atoms with E-state index in [4.69, 9.17) is 0 Å². The van der Waals surface area contributed by atoms with Gasteiger partial charge in [0.15, 0.2) is 0 Å². The van der Waals surface area contributed by atoms with Crippen LogP contribution in [-0.2, 0) is 0 Å². The van der Waals surface area contributed by atoms with Crippen molar-refractivity contribution in [1.82, 2.24) is 5.32 Å².